The molecule has 0 aromatic heterocycles. The first-order valence-corrected chi connectivity index (χ1v) is 30.3. The van der Waals surface area contributed by atoms with Gasteiger partial charge < -0.3 is 28.5 Å². The maximum Gasteiger partial charge on any atom is 0.361 e. The van der Waals surface area contributed by atoms with Crippen molar-refractivity contribution < 1.29 is 42.9 Å². The highest BCUT2D eigenvalue weighted by Crippen LogP contribution is 2.17. The molecular formula is C63H116NO8+. The molecule has 2 atom stereocenters. The van der Waals surface area contributed by atoms with Crippen LogP contribution in [0.3, 0.4) is 0 Å². The van der Waals surface area contributed by atoms with E-state index in [1.165, 1.54) is 180 Å². The fourth-order valence-corrected chi connectivity index (χ4v) is 8.60. The molecule has 0 aliphatic rings. The number of allylic oxidation sites excluding steroid dienone is 8. The van der Waals surface area contributed by atoms with E-state index in [9.17, 15) is 19.5 Å². The molecular weight excluding hydrogens is 899 g/mol. The molecule has 0 bridgehead atoms. The van der Waals surface area contributed by atoms with Crippen molar-refractivity contribution >= 4 is 17.9 Å². The number of carboxylic acids is 1. The van der Waals surface area contributed by atoms with E-state index >= 15 is 0 Å². The van der Waals surface area contributed by atoms with E-state index in [0.29, 0.717) is 11.0 Å². The van der Waals surface area contributed by atoms with Gasteiger partial charge >= 0.3 is 17.9 Å². The summed E-state index contributed by atoms with van der Waals surface area (Å²) in [4.78, 5) is 37.4. The Labute approximate surface area is 444 Å². The van der Waals surface area contributed by atoms with Crippen LogP contribution >= 0.6 is 0 Å². The molecule has 0 spiro atoms. The lowest BCUT2D eigenvalue weighted by Crippen LogP contribution is -2.40. The van der Waals surface area contributed by atoms with Gasteiger partial charge in [0.15, 0.2) is 6.10 Å². The van der Waals surface area contributed by atoms with Gasteiger partial charge in [-0.15, -0.1) is 0 Å². The number of ether oxygens (including phenoxy) is 4. The molecule has 0 aromatic carbocycles. The Balaban J connectivity index is 4.12. The number of hydrogen-bond acceptors (Lipinski definition) is 7. The molecule has 0 heterocycles. The average molecular weight is 1020 g/mol. The van der Waals surface area contributed by atoms with Crippen LogP contribution in [0.25, 0.3) is 0 Å². The van der Waals surface area contributed by atoms with Crippen molar-refractivity contribution in [1.29, 1.82) is 0 Å². The van der Waals surface area contributed by atoms with Gasteiger partial charge in [0, 0.05) is 12.8 Å². The van der Waals surface area contributed by atoms with E-state index in [-0.39, 0.29) is 38.6 Å². The number of likely N-dealkylation sites (N-methyl/N-ethyl adjacent to an activating group) is 1. The number of aliphatic carboxylic acids is 1. The number of carbonyl (C=O) groups excluding carboxylic acids is 2. The van der Waals surface area contributed by atoms with Crippen molar-refractivity contribution in [2.24, 2.45) is 0 Å². The molecule has 0 saturated carbocycles. The van der Waals surface area contributed by atoms with Crippen molar-refractivity contribution in [1.82, 2.24) is 0 Å². The van der Waals surface area contributed by atoms with Gasteiger partial charge in [-0.3, -0.25) is 9.59 Å². The maximum atomic E-state index is 12.9. The third-order valence-corrected chi connectivity index (χ3v) is 13.3. The van der Waals surface area contributed by atoms with Gasteiger partial charge in [0.05, 0.1) is 34.4 Å². The SMILES string of the molecule is CCCCCC/C=C\C/C=C\CCCCCCCC(=O)OCC(COC(OCC[N+](C)(C)C)C(=O)O)OC(=O)CCCCCCCCCCCCCCCCCCCCC/C=C\C/C=C\CCCCCCC. The van der Waals surface area contributed by atoms with E-state index in [1.807, 2.05) is 21.1 Å². The smallest absolute Gasteiger partial charge is 0.361 e. The predicted octanol–water partition coefficient (Wildman–Crippen LogP) is 17.9. The fraction of sp³-hybridized carbons (Fsp3) is 0.825. The summed E-state index contributed by atoms with van der Waals surface area (Å²) in [5, 5.41) is 9.70. The van der Waals surface area contributed by atoms with Gasteiger partial charge in [0.25, 0.3) is 6.29 Å². The third kappa shape index (κ3) is 55.0. The Morgan fingerprint density at radius 1 is 0.417 bits per heavy atom. The number of esters is 2. The quantitative estimate of drug-likeness (QED) is 0.0211. The van der Waals surface area contributed by atoms with E-state index in [4.69, 9.17) is 18.9 Å². The van der Waals surface area contributed by atoms with Crippen molar-refractivity contribution in [3.63, 3.8) is 0 Å². The van der Waals surface area contributed by atoms with Crippen LogP contribution in [-0.4, -0.2) is 87.4 Å². The molecule has 72 heavy (non-hydrogen) atoms. The molecule has 0 fully saturated rings. The van der Waals surface area contributed by atoms with Crippen LogP contribution < -0.4 is 0 Å². The van der Waals surface area contributed by atoms with E-state index in [0.717, 1.165) is 70.6 Å². The molecule has 9 heteroatoms. The van der Waals surface area contributed by atoms with Crippen LogP contribution in [0.1, 0.15) is 277 Å². The average Bonchev–Trinajstić information content (AvgIpc) is 3.35. The first-order chi connectivity index (χ1) is 35.1. The lowest BCUT2D eigenvalue weighted by Gasteiger charge is -2.25. The first-order valence-electron chi connectivity index (χ1n) is 30.3. The Morgan fingerprint density at radius 2 is 0.750 bits per heavy atom. The minimum Gasteiger partial charge on any atom is -0.477 e. The summed E-state index contributed by atoms with van der Waals surface area (Å²) in [6.07, 6.45) is 64.9. The van der Waals surface area contributed by atoms with Crippen molar-refractivity contribution in [2.75, 3.05) is 47.5 Å². The van der Waals surface area contributed by atoms with E-state index < -0.39 is 24.3 Å². The largest absolute Gasteiger partial charge is 0.477 e. The second-order valence-corrected chi connectivity index (χ2v) is 21.7. The van der Waals surface area contributed by atoms with Crippen molar-refractivity contribution in [2.45, 2.75) is 289 Å². The highest BCUT2D eigenvalue weighted by molar-refractivity contribution is 5.71. The van der Waals surface area contributed by atoms with E-state index in [2.05, 4.69) is 62.5 Å². The maximum absolute atomic E-state index is 12.9. The van der Waals surface area contributed by atoms with Gasteiger partial charge in [-0.2, -0.15) is 0 Å². The number of carbonyl (C=O) groups is 3. The highest BCUT2D eigenvalue weighted by Gasteiger charge is 2.25. The number of unbranched alkanes of at least 4 members (excludes halogenated alkanes) is 33. The molecule has 0 aromatic rings. The summed E-state index contributed by atoms with van der Waals surface area (Å²) in [6.45, 7) is 4.86. The topological polar surface area (TPSA) is 108 Å². The Kier molecular flexibility index (Phi) is 52.4. The molecule has 0 saturated heterocycles. The summed E-state index contributed by atoms with van der Waals surface area (Å²) in [6, 6.07) is 0. The van der Waals surface area contributed by atoms with Crippen LogP contribution in [-0.2, 0) is 33.3 Å². The van der Waals surface area contributed by atoms with Gasteiger partial charge in [-0.05, 0) is 77.0 Å². The molecule has 0 rings (SSSR count). The minimum absolute atomic E-state index is 0.186. The summed E-state index contributed by atoms with van der Waals surface area (Å²) in [5.41, 5.74) is 0. The fourth-order valence-electron chi connectivity index (χ4n) is 8.60. The molecule has 9 nitrogen and oxygen atoms in total. The van der Waals surface area contributed by atoms with Gasteiger partial charge in [0.2, 0.25) is 0 Å². The lowest BCUT2D eigenvalue weighted by atomic mass is 10.0. The summed E-state index contributed by atoms with van der Waals surface area (Å²) in [5.74, 6) is -2.01. The van der Waals surface area contributed by atoms with Gasteiger partial charge in [-0.25, -0.2) is 4.79 Å². The Bertz CT molecular complexity index is 1320. The zero-order valence-electron chi connectivity index (χ0n) is 47.8. The second-order valence-electron chi connectivity index (χ2n) is 21.7. The number of nitrogens with zero attached hydrogens (tertiary/aromatic N) is 1. The zero-order valence-corrected chi connectivity index (χ0v) is 47.8. The van der Waals surface area contributed by atoms with Crippen molar-refractivity contribution in [3.05, 3.63) is 48.6 Å². The normalized spacial score (nSPS) is 13.1. The number of hydrogen-bond donors (Lipinski definition) is 1. The molecule has 2 unspecified atom stereocenters. The molecule has 0 aliphatic heterocycles. The molecule has 0 radical (unpaired) electrons. The number of carboxylic acid groups (broad SMARTS) is 1. The standard InChI is InChI=1S/C63H115NO8/c1-6-8-10-12-14-16-18-20-22-24-25-26-27-28-29-30-31-32-33-34-35-36-37-38-40-42-44-46-48-50-52-54-61(66)72-59(58-71-63(62(67)68)69-56-55-64(3,4)5)57-70-60(65)53-51-49-47-45-43-41-39-23-21-19-17-15-13-11-9-7-2/h17-20,23-25,39,59,63H,6-16,21-22,26-38,40-58H2,1-5H3/p+1/b19-17-,20-18-,25-24-,39-23-. The van der Waals surface area contributed by atoms with Crippen LogP contribution in [0.5, 0.6) is 0 Å². The molecule has 1 N–H and O–H groups in total. The number of quaternary nitrogens is 1. The first kappa shape index (κ1) is 69.2. The van der Waals surface area contributed by atoms with Gasteiger partial charge in [0.1, 0.15) is 13.2 Å². The summed E-state index contributed by atoms with van der Waals surface area (Å²) < 4.78 is 22.9. The molecule has 420 valence electrons. The van der Waals surface area contributed by atoms with E-state index in [1.54, 1.807) is 0 Å². The Hall–Kier alpha value is -2.75. The molecule has 0 aliphatic carbocycles. The van der Waals surface area contributed by atoms with Crippen LogP contribution in [0.15, 0.2) is 48.6 Å². The molecule has 0 amide bonds. The number of rotatable bonds is 56. The summed E-state index contributed by atoms with van der Waals surface area (Å²) >= 11 is 0. The Morgan fingerprint density at radius 3 is 1.11 bits per heavy atom. The van der Waals surface area contributed by atoms with Crippen molar-refractivity contribution in [3.8, 4) is 0 Å². The van der Waals surface area contributed by atoms with Crippen LogP contribution in [0.4, 0.5) is 0 Å². The zero-order chi connectivity index (χ0) is 52.7. The minimum atomic E-state index is -1.51. The third-order valence-electron chi connectivity index (χ3n) is 13.3. The van der Waals surface area contributed by atoms with Crippen LogP contribution in [0, 0.1) is 0 Å². The van der Waals surface area contributed by atoms with Crippen LogP contribution in [0.2, 0.25) is 0 Å². The lowest BCUT2D eigenvalue weighted by molar-refractivity contribution is -0.870. The monoisotopic (exact) mass is 1010 g/mol. The predicted molar refractivity (Wildman–Crippen MR) is 304 cm³/mol. The van der Waals surface area contributed by atoms with Gasteiger partial charge in [-0.1, -0.05) is 236 Å². The second kappa shape index (κ2) is 54.5. The summed E-state index contributed by atoms with van der Waals surface area (Å²) in [7, 11) is 5.97. The highest BCUT2D eigenvalue weighted by atomic mass is 16.7.